The van der Waals surface area contributed by atoms with Crippen LogP contribution in [-0.4, -0.2) is 54.8 Å². The molecule has 0 saturated carbocycles. The maximum absolute atomic E-state index is 13.4. The highest BCUT2D eigenvalue weighted by molar-refractivity contribution is 5.99. The average Bonchev–Trinajstić information content (AvgIpc) is 2.80. The molecule has 1 aliphatic heterocycles. The predicted molar refractivity (Wildman–Crippen MR) is 126 cm³/mol. The Morgan fingerprint density at radius 2 is 1.59 bits per heavy atom. The predicted octanol–water partition coefficient (Wildman–Crippen LogP) is 4.68. The number of esters is 1. The lowest BCUT2D eigenvalue weighted by Crippen LogP contribution is -2.63. The molecule has 6 heteroatoms. The fraction of sp³-hybridized carbons (Fsp3) is 0.462. The van der Waals surface area contributed by atoms with Crippen molar-refractivity contribution in [1.29, 1.82) is 0 Å². The molecule has 1 aliphatic rings. The van der Waals surface area contributed by atoms with E-state index in [-0.39, 0.29) is 18.7 Å². The van der Waals surface area contributed by atoms with Gasteiger partial charge in [-0.3, -0.25) is 4.90 Å². The Morgan fingerprint density at radius 1 is 1.00 bits per heavy atom. The number of likely N-dealkylation sites (tertiary alicyclic amines) is 1. The summed E-state index contributed by atoms with van der Waals surface area (Å²) in [5.41, 5.74) is 0.839. The van der Waals surface area contributed by atoms with E-state index in [0.29, 0.717) is 31.6 Å². The fourth-order valence-electron chi connectivity index (χ4n) is 4.21. The molecule has 0 aliphatic carbocycles. The first kappa shape index (κ1) is 23.8. The third-order valence-electron chi connectivity index (χ3n) is 5.86. The van der Waals surface area contributed by atoms with Crippen molar-refractivity contribution in [3.63, 3.8) is 0 Å². The van der Waals surface area contributed by atoms with Crippen LogP contribution in [0.3, 0.4) is 0 Å². The summed E-state index contributed by atoms with van der Waals surface area (Å²) in [6.45, 7) is 7.97. The number of carbonyl (C=O) groups excluding carboxylic acids is 2. The maximum atomic E-state index is 13.4. The number of hydrogen-bond donors (Lipinski definition) is 0. The molecule has 0 atom stereocenters. The monoisotopic (exact) mass is 438 g/mol. The van der Waals surface area contributed by atoms with Crippen LogP contribution in [0.2, 0.25) is 0 Å². The van der Waals surface area contributed by atoms with Crippen LogP contribution >= 0.6 is 0 Å². The fourth-order valence-corrected chi connectivity index (χ4v) is 4.21. The van der Waals surface area contributed by atoms with E-state index in [1.165, 1.54) is 10.5 Å². The molecule has 1 heterocycles. The van der Waals surface area contributed by atoms with Crippen LogP contribution in [0, 0.1) is 0 Å². The van der Waals surface area contributed by atoms with E-state index in [4.69, 9.17) is 9.47 Å². The number of ether oxygens (including phenoxy) is 2. The molecule has 0 N–H and O–H groups in total. The Morgan fingerprint density at radius 3 is 2.16 bits per heavy atom. The first-order chi connectivity index (χ1) is 15.5. The van der Waals surface area contributed by atoms with Crippen molar-refractivity contribution in [1.82, 2.24) is 4.90 Å². The first-order valence-corrected chi connectivity index (χ1v) is 11.5. The number of rotatable bonds is 8. The number of piperidine rings is 1. The summed E-state index contributed by atoms with van der Waals surface area (Å²) >= 11 is 0. The number of benzene rings is 2. The second-order valence-electron chi connectivity index (χ2n) is 8.43. The lowest BCUT2D eigenvalue weighted by Gasteiger charge is -2.46. The number of amides is 1. The highest BCUT2D eigenvalue weighted by Gasteiger charge is 2.51. The van der Waals surface area contributed by atoms with Crippen LogP contribution in [0.5, 0.6) is 0 Å². The van der Waals surface area contributed by atoms with E-state index in [2.05, 4.69) is 29.2 Å². The summed E-state index contributed by atoms with van der Waals surface area (Å²) in [6, 6.07) is 19.7. The summed E-state index contributed by atoms with van der Waals surface area (Å²) in [5, 5.41) is 0. The van der Waals surface area contributed by atoms with Crippen molar-refractivity contribution in [2.45, 2.75) is 51.7 Å². The molecule has 0 bridgehead atoms. The highest BCUT2D eigenvalue weighted by Crippen LogP contribution is 2.36. The van der Waals surface area contributed by atoms with Crippen LogP contribution in [-0.2, 0) is 20.7 Å². The largest absolute Gasteiger partial charge is 0.461 e. The molecule has 0 radical (unpaired) electrons. The Balaban J connectivity index is 1.84. The zero-order valence-electron chi connectivity index (χ0n) is 19.3. The van der Waals surface area contributed by atoms with E-state index in [9.17, 15) is 9.59 Å². The van der Waals surface area contributed by atoms with E-state index in [1.807, 2.05) is 50.2 Å². The molecule has 0 unspecified atom stereocenters. The molecule has 2 aromatic rings. The second-order valence-corrected chi connectivity index (χ2v) is 8.43. The van der Waals surface area contributed by atoms with Gasteiger partial charge in [-0.25, -0.2) is 9.59 Å². The summed E-state index contributed by atoms with van der Waals surface area (Å²) in [6.07, 6.45) is 1.14. The molecule has 1 amide bonds. The molecule has 0 aromatic heterocycles. The quantitative estimate of drug-likeness (QED) is 0.560. The van der Waals surface area contributed by atoms with Crippen LogP contribution < -0.4 is 4.90 Å². The lowest BCUT2D eigenvalue weighted by atomic mass is 9.85. The molecular formula is C26H34N2O4. The minimum atomic E-state index is -1.10. The normalized spacial score (nSPS) is 15.9. The van der Waals surface area contributed by atoms with Crippen molar-refractivity contribution < 1.29 is 19.1 Å². The summed E-state index contributed by atoms with van der Waals surface area (Å²) in [4.78, 5) is 30.4. The van der Waals surface area contributed by atoms with Crippen LogP contribution in [0.25, 0.3) is 0 Å². The molecule has 1 fully saturated rings. The van der Waals surface area contributed by atoms with Crippen molar-refractivity contribution in [3.8, 4) is 0 Å². The Kier molecular flexibility index (Phi) is 8.28. The maximum Gasteiger partial charge on any atom is 0.415 e. The van der Waals surface area contributed by atoms with Crippen LogP contribution in [0.1, 0.15) is 39.2 Å². The Bertz CT molecular complexity index is 862. The van der Waals surface area contributed by atoms with Crippen LogP contribution in [0.15, 0.2) is 60.7 Å². The minimum Gasteiger partial charge on any atom is -0.461 e. The third-order valence-corrected chi connectivity index (χ3v) is 5.86. The van der Waals surface area contributed by atoms with Gasteiger partial charge in [-0.2, -0.15) is 0 Å². The van der Waals surface area contributed by atoms with Gasteiger partial charge in [0.25, 0.3) is 0 Å². The SMILES string of the molecule is CCOC(=O)N(c1ccccc1)C1(C(=O)OC(C)C)CCN(CCc2ccccc2)CC1. The van der Waals surface area contributed by atoms with Gasteiger partial charge in [0.2, 0.25) is 0 Å². The van der Waals surface area contributed by atoms with E-state index < -0.39 is 11.6 Å². The smallest absolute Gasteiger partial charge is 0.415 e. The number of anilines is 1. The van der Waals surface area contributed by atoms with Gasteiger partial charge < -0.3 is 14.4 Å². The van der Waals surface area contributed by atoms with E-state index in [0.717, 1.165) is 13.0 Å². The van der Waals surface area contributed by atoms with Gasteiger partial charge in [-0.15, -0.1) is 0 Å². The summed E-state index contributed by atoms with van der Waals surface area (Å²) in [5.74, 6) is -0.368. The van der Waals surface area contributed by atoms with Crippen molar-refractivity contribution in [2.75, 3.05) is 31.1 Å². The molecule has 2 aromatic carbocycles. The number of carbonyl (C=O) groups is 2. The Labute approximate surface area is 191 Å². The lowest BCUT2D eigenvalue weighted by molar-refractivity contribution is -0.156. The number of hydrogen-bond acceptors (Lipinski definition) is 5. The van der Waals surface area contributed by atoms with Gasteiger partial charge in [-0.05, 0) is 57.7 Å². The van der Waals surface area contributed by atoms with Gasteiger partial charge in [0.1, 0.15) is 0 Å². The second kappa shape index (κ2) is 11.1. The first-order valence-electron chi connectivity index (χ1n) is 11.5. The number of para-hydroxylation sites is 1. The molecule has 1 saturated heterocycles. The van der Waals surface area contributed by atoms with Crippen LogP contribution in [0.4, 0.5) is 10.5 Å². The zero-order chi connectivity index (χ0) is 23.0. The topological polar surface area (TPSA) is 59.1 Å². The number of nitrogens with zero attached hydrogens (tertiary/aromatic N) is 2. The standard InChI is InChI=1S/C26H34N2O4/c1-4-31-25(30)28(23-13-9-6-10-14-23)26(24(29)32-21(2)3)16-19-27(20-17-26)18-15-22-11-7-5-8-12-22/h5-14,21H,4,15-20H2,1-3H3. The van der Waals surface area contributed by atoms with E-state index >= 15 is 0 Å². The van der Waals surface area contributed by atoms with Crippen molar-refractivity contribution in [3.05, 3.63) is 66.2 Å². The van der Waals surface area contributed by atoms with Crippen molar-refractivity contribution in [2.24, 2.45) is 0 Å². The molecule has 6 nitrogen and oxygen atoms in total. The van der Waals surface area contributed by atoms with Gasteiger partial charge in [0.15, 0.2) is 5.54 Å². The van der Waals surface area contributed by atoms with E-state index in [1.54, 1.807) is 6.92 Å². The molecular weight excluding hydrogens is 404 g/mol. The summed E-state index contributed by atoms with van der Waals surface area (Å²) in [7, 11) is 0. The Hall–Kier alpha value is -2.86. The van der Waals surface area contributed by atoms with Gasteiger partial charge in [-0.1, -0.05) is 48.5 Å². The van der Waals surface area contributed by atoms with Gasteiger partial charge in [0, 0.05) is 25.3 Å². The summed E-state index contributed by atoms with van der Waals surface area (Å²) < 4.78 is 11.1. The molecule has 172 valence electrons. The molecule has 0 spiro atoms. The van der Waals surface area contributed by atoms with Gasteiger partial charge >= 0.3 is 12.1 Å². The van der Waals surface area contributed by atoms with Gasteiger partial charge in [0.05, 0.1) is 12.7 Å². The third kappa shape index (κ3) is 5.68. The molecule has 3 rings (SSSR count). The highest BCUT2D eigenvalue weighted by atomic mass is 16.6. The van der Waals surface area contributed by atoms with Crippen molar-refractivity contribution >= 4 is 17.7 Å². The average molecular weight is 439 g/mol. The minimum absolute atomic E-state index is 0.237. The zero-order valence-corrected chi connectivity index (χ0v) is 19.3. The molecule has 32 heavy (non-hydrogen) atoms.